The van der Waals surface area contributed by atoms with Crippen LogP contribution in [0.25, 0.3) is 0 Å². The van der Waals surface area contributed by atoms with E-state index in [9.17, 15) is 24.6 Å². The molecule has 1 aliphatic heterocycles. The van der Waals surface area contributed by atoms with Crippen molar-refractivity contribution in [2.24, 2.45) is 5.41 Å². The Labute approximate surface area is 227 Å². The number of hydrogen-bond donors (Lipinski definition) is 4. The summed E-state index contributed by atoms with van der Waals surface area (Å²) in [5, 5.41) is 25.7. The molecule has 1 heterocycles. The van der Waals surface area contributed by atoms with Crippen LogP contribution < -0.4 is 15.4 Å². The van der Waals surface area contributed by atoms with Crippen molar-refractivity contribution in [2.45, 2.75) is 51.4 Å². The molecule has 2 aromatic rings. The van der Waals surface area contributed by atoms with Crippen LogP contribution in [0, 0.1) is 17.8 Å². The number of carbonyl (C=O) groups excluding carboxylic acids is 3. The lowest BCUT2D eigenvalue weighted by Crippen LogP contribution is -2.58. The summed E-state index contributed by atoms with van der Waals surface area (Å²) in [6.45, 7) is 3.22. The topological polar surface area (TPSA) is 128 Å². The van der Waals surface area contributed by atoms with Gasteiger partial charge in [0.25, 0.3) is 0 Å². The number of nitrogens with zero attached hydrogens (tertiary/aromatic N) is 1. The summed E-state index contributed by atoms with van der Waals surface area (Å²) < 4.78 is 5.30. The Morgan fingerprint density at radius 2 is 1.95 bits per heavy atom. The fourth-order valence-electron chi connectivity index (χ4n) is 4.32. The largest absolute Gasteiger partial charge is 0.413 e. The molecule has 0 radical (unpaired) electrons. The second kappa shape index (κ2) is 12.8. The van der Waals surface area contributed by atoms with E-state index in [0.29, 0.717) is 21.9 Å². The number of aliphatic hydroxyl groups excluding tert-OH is 2. The maximum atomic E-state index is 13.8. The van der Waals surface area contributed by atoms with E-state index in [1.807, 2.05) is 0 Å². The maximum absolute atomic E-state index is 13.8. The second-order valence-corrected chi connectivity index (χ2v) is 10.2. The molecule has 4 N–H and O–H groups in total. The van der Waals surface area contributed by atoms with Gasteiger partial charge in [0, 0.05) is 36.7 Å². The highest BCUT2D eigenvalue weighted by atomic mass is 35.5. The molecule has 1 aliphatic rings. The van der Waals surface area contributed by atoms with E-state index in [2.05, 4.69) is 16.6 Å². The summed E-state index contributed by atoms with van der Waals surface area (Å²) in [4.78, 5) is 40.8. The Hall–Kier alpha value is -3.58. The Morgan fingerprint density at radius 3 is 2.58 bits per heavy atom. The number of aliphatic hydroxyl groups is 2. The zero-order chi connectivity index (χ0) is 27.9. The minimum absolute atomic E-state index is 0.0307. The van der Waals surface area contributed by atoms with Gasteiger partial charge >= 0.3 is 6.09 Å². The number of ether oxygens (including phenoxy) is 1. The first kappa shape index (κ1) is 29.0. The fourth-order valence-corrected chi connectivity index (χ4v) is 4.57. The van der Waals surface area contributed by atoms with Crippen LogP contribution in [0.2, 0.25) is 5.02 Å². The number of β-amino-alcohol motifs (C(OH)–C–C–N with tert-alkyl or cyclic N) is 1. The van der Waals surface area contributed by atoms with Crippen molar-refractivity contribution in [2.75, 3.05) is 13.2 Å². The number of amides is 3. The van der Waals surface area contributed by atoms with Gasteiger partial charge in [0.15, 0.2) is 0 Å². The van der Waals surface area contributed by atoms with E-state index in [1.54, 1.807) is 62.4 Å². The van der Waals surface area contributed by atoms with E-state index in [-0.39, 0.29) is 32.5 Å². The number of rotatable bonds is 9. The van der Waals surface area contributed by atoms with Crippen molar-refractivity contribution in [3.63, 3.8) is 0 Å². The van der Waals surface area contributed by atoms with Gasteiger partial charge in [0.1, 0.15) is 17.8 Å². The number of carbonyl (C=O) groups is 3. The van der Waals surface area contributed by atoms with Crippen molar-refractivity contribution in [1.29, 1.82) is 0 Å². The minimum atomic E-state index is -1.14. The molecule has 0 aromatic heterocycles. The third-order valence-corrected chi connectivity index (χ3v) is 6.89. The van der Waals surface area contributed by atoms with Gasteiger partial charge in [-0.05, 0) is 41.7 Å². The zero-order valence-corrected chi connectivity index (χ0v) is 22.1. The van der Waals surface area contributed by atoms with Crippen LogP contribution in [0.3, 0.4) is 0 Å². The lowest BCUT2D eigenvalue weighted by atomic mass is 9.80. The first-order chi connectivity index (χ1) is 18.1. The first-order valence-corrected chi connectivity index (χ1v) is 12.6. The van der Waals surface area contributed by atoms with E-state index in [1.165, 1.54) is 4.90 Å². The molecule has 202 valence electrons. The van der Waals surface area contributed by atoms with Crippen LogP contribution >= 0.6 is 11.6 Å². The Morgan fingerprint density at radius 1 is 1.24 bits per heavy atom. The number of terminal acetylenes is 1. The molecule has 38 heavy (non-hydrogen) atoms. The Bertz CT molecular complexity index is 1200. The van der Waals surface area contributed by atoms with E-state index in [0.717, 1.165) is 0 Å². The van der Waals surface area contributed by atoms with Gasteiger partial charge in [-0.2, -0.15) is 0 Å². The average molecular weight is 542 g/mol. The fraction of sp³-hybridized carbons (Fsp3) is 0.393. The molecule has 0 unspecified atom stereocenters. The number of likely N-dealkylation sites (tertiary alicyclic amines) is 1. The lowest BCUT2D eigenvalue weighted by Gasteiger charge is -2.37. The second-order valence-electron chi connectivity index (χ2n) is 9.81. The molecular weight excluding hydrogens is 510 g/mol. The molecule has 10 heteroatoms. The van der Waals surface area contributed by atoms with Crippen LogP contribution in [0.5, 0.6) is 5.75 Å². The van der Waals surface area contributed by atoms with Crippen molar-refractivity contribution >= 4 is 29.5 Å². The highest BCUT2D eigenvalue weighted by molar-refractivity contribution is 6.31. The molecule has 1 saturated heterocycles. The van der Waals surface area contributed by atoms with Crippen LogP contribution in [-0.4, -0.2) is 64.4 Å². The summed E-state index contributed by atoms with van der Waals surface area (Å²) in [6.07, 6.45) is 3.82. The van der Waals surface area contributed by atoms with E-state index >= 15 is 0 Å². The Kier molecular flexibility index (Phi) is 9.75. The molecule has 0 saturated carbocycles. The third-order valence-electron chi connectivity index (χ3n) is 6.54. The summed E-state index contributed by atoms with van der Waals surface area (Å²) in [5.41, 5.74) is 0.348. The Balaban J connectivity index is 1.76. The van der Waals surface area contributed by atoms with Crippen LogP contribution in [0.1, 0.15) is 37.8 Å². The number of hydrogen-bond acceptors (Lipinski definition) is 6. The smallest absolute Gasteiger partial charge is 0.410 e. The molecule has 0 aliphatic carbocycles. The monoisotopic (exact) mass is 541 g/mol. The number of para-hydroxylation sites is 1. The molecule has 0 bridgehead atoms. The van der Waals surface area contributed by atoms with Crippen molar-refractivity contribution in [1.82, 2.24) is 15.5 Å². The molecule has 3 atom stereocenters. The van der Waals surface area contributed by atoms with Crippen LogP contribution in [-0.2, 0) is 16.1 Å². The van der Waals surface area contributed by atoms with Crippen molar-refractivity contribution in [3.05, 3.63) is 64.7 Å². The number of nitrogens with one attached hydrogen (secondary N) is 2. The SMILES string of the molecule is C#Cc1ccc(CNC(=O)[C@@H]2C[C@@H](O)CN2C(=O)[C@H](NC(=O)Oc2ccccc2)C(C)(C)CCO)c(Cl)c1. The molecule has 9 nitrogen and oxygen atoms in total. The standard InChI is InChI=1S/C28H32ClN3O6/c1-4-18-10-11-19(22(29)14-18)16-30-25(35)23-15-20(34)17-32(23)26(36)24(28(2,3)12-13-33)31-27(37)38-21-8-6-5-7-9-21/h1,5-11,14,20,23-24,33-34H,12-13,15-17H2,2-3H3,(H,30,35)(H,31,37)/t20-,23+,24+/m1/s1. The third kappa shape index (κ3) is 7.25. The predicted octanol–water partition coefficient (Wildman–Crippen LogP) is 2.47. The predicted molar refractivity (Wildman–Crippen MR) is 142 cm³/mol. The van der Waals surface area contributed by atoms with Gasteiger partial charge in [0.05, 0.1) is 6.10 Å². The first-order valence-electron chi connectivity index (χ1n) is 12.2. The molecule has 0 spiro atoms. The van der Waals surface area contributed by atoms with Crippen LogP contribution in [0.15, 0.2) is 48.5 Å². The summed E-state index contributed by atoms with van der Waals surface area (Å²) >= 11 is 6.26. The summed E-state index contributed by atoms with van der Waals surface area (Å²) in [5.74, 6) is 1.74. The molecule has 3 amide bonds. The van der Waals surface area contributed by atoms with Gasteiger partial charge in [0.2, 0.25) is 11.8 Å². The van der Waals surface area contributed by atoms with Crippen molar-refractivity contribution < 1.29 is 29.3 Å². The molecular formula is C28H32ClN3O6. The van der Waals surface area contributed by atoms with Gasteiger partial charge in [-0.1, -0.05) is 55.6 Å². The summed E-state index contributed by atoms with van der Waals surface area (Å²) in [6, 6.07) is 11.3. The lowest BCUT2D eigenvalue weighted by molar-refractivity contribution is -0.142. The summed E-state index contributed by atoms with van der Waals surface area (Å²) in [7, 11) is 0. The minimum Gasteiger partial charge on any atom is -0.410 e. The zero-order valence-electron chi connectivity index (χ0n) is 21.3. The highest BCUT2D eigenvalue weighted by Gasteiger charge is 2.45. The number of benzene rings is 2. The van der Waals surface area contributed by atoms with Gasteiger partial charge in [-0.25, -0.2) is 4.79 Å². The maximum Gasteiger partial charge on any atom is 0.413 e. The van der Waals surface area contributed by atoms with Gasteiger partial charge < -0.3 is 30.5 Å². The van der Waals surface area contributed by atoms with E-state index in [4.69, 9.17) is 22.8 Å². The van der Waals surface area contributed by atoms with Gasteiger partial charge in [-0.15, -0.1) is 6.42 Å². The molecule has 1 fully saturated rings. The van der Waals surface area contributed by atoms with E-state index < -0.39 is 41.5 Å². The molecule has 3 rings (SSSR count). The van der Waals surface area contributed by atoms with Crippen LogP contribution in [0.4, 0.5) is 4.79 Å². The van der Waals surface area contributed by atoms with Gasteiger partial charge in [-0.3, -0.25) is 9.59 Å². The quantitative estimate of drug-likeness (QED) is 0.361. The average Bonchev–Trinajstić information content (AvgIpc) is 3.28. The number of halogens is 1. The van der Waals surface area contributed by atoms with Crippen molar-refractivity contribution in [3.8, 4) is 18.1 Å². The highest BCUT2D eigenvalue weighted by Crippen LogP contribution is 2.30. The molecule has 2 aromatic carbocycles. The normalized spacial score (nSPS) is 17.8.